The molecule has 2 N–H and O–H groups in total. The number of nitrogens with zero attached hydrogens (tertiary/aromatic N) is 4. The van der Waals surface area contributed by atoms with Gasteiger partial charge in [0.05, 0.1) is 23.0 Å². The number of aromatic nitrogens is 3. The molecule has 0 aliphatic carbocycles. The topological polar surface area (TPSA) is 89.7 Å². The fraction of sp³-hybridized carbons (Fsp3) is 0.318. The number of rotatable bonds is 7. The lowest BCUT2D eigenvalue weighted by atomic mass is 10.1. The number of hydrogen-bond donors (Lipinski definition) is 1. The Morgan fingerprint density at radius 2 is 2.04 bits per heavy atom. The van der Waals surface area contributed by atoms with Gasteiger partial charge in [-0.25, -0.2) is 4.68 Å². The van der Waals surface area contributed by atoms with Crippen LogP contribution in [0.3, 0.4) is 0 Å². The molecule has 0 fully saturated rings. The van der Waals surface area contributed by atoms with Crippen molar-refractivity contribution in [2.45, 2.75) is 26.7 Å². The molecule has 0 amide bonds. The summed E-state index contributed by atoms with van der Waals surface area (Å²) in [5.41, 5.74) is 9.82. The Labute approximate surface area is 165 Å². The summed E-state index contributed by atoms with van der Waals surface area (Å²) in [4.78, 5) is 4.55. The van der Waals surface area contributed by atoms with Crippen molar-refractivity contribution < 1.29 is 4.74 Å². The van der Waals surface area contributed by atoms with Gasteiger partial charge in [-0.3, -0.25) is 4.98 Å². The summed E-state index contributed by atoms with van der Waals surface area (Å²) in [6.45, 7) is 4.90. The monoisotopic (exact) mass is 375 g/mol. The maximum absolute atomic E-state index is 9.29. The number of nitrogens with two attached hydrogens (primary N) is 1. The molecule has 0 atom stereocenters. The normalized spacial score (nSPS) is 10.9. The van der Waals surface area contributed by atoms with Crippen LogP contribution < -0.4 is 10.5 Å². The molecule has 0 saturated heterocycles. The Kier molecular flexibility index (Phi) is 6.07. The van der Waals surface area contributed by atoms with E-state index in [4.69, 9.17) is 10.5 Å². The number of ether oxygens (including phenoxy) is 1. The van der Waals surface area contributed by atoms with Crippen LogP contribution in [-0.4, -0.2) is 21.3 Å². The smallest absolute Gasteiger partial charge is 0.217 e. The maximum Gasteiger partial charge on any atom is 0.217 e. The molecule has 0 bridgehead atoms. The SMILES string of the molecule is CC(C)Cc1cc(Oc2cc(C#N)ccc2-c2ccc(CCN)cn2)n(C)n1. The molecule has 0 unspecified atom stereocenters. The summed E-state index contributed by atoms with van der Waals surface area (Å²) < 4.78 is 7.89. The third kappa shape index (κ3) is 4.56. The van der Waals surface area contributed by atoms with E-state index in [1.54, 1.807) is 16.8 Å². The molecule has 0 aliphatic heterocycles. The first kappa shape index (κ1) is 19.6. The van der Waals surface area contributed by atoms with E-state index in [1.807, 2.05) is 37.5 Å². The number of aryl methyl sites for hydroxylation is 1. The molecule has 28 heavy (non-hydrogen) atoms. The third-order valence-corrected chi connectivity index (χ3v) is 4.36. The van der Waals surface area contributed by atoms with Crippen LogP contribution in [0.4, 0.5) is 0 Å². The van der Waals surface area contributed by atoms with Crippen molar-refractivity contribution in [1.82, 2.24) is 14.8 Å². The van der Waals surface area contributed by atoms with Gasteiger partial charge in [0, 0.05) is 24.9 Å². The second-order valence-electron chi connectivity index (χ2n) is 7.21. The van der Waals surface area contributed by atoms with Gasteiger partial charge in [0.25, 0.3) is 0 Å². The summed E-state index contributed by atoms with van der Waals surface area (Å²) in [7, 11) is 1.85. The molecule has 3 aromatic rings. The second-order valence-corrected chi connectivity index (χ2v) is 7.21. The number of nitriles is 1. The van der Waals surface area contributed by atoms with E-state index in [2.05, 4.69) is 30.0 Å². The fourth-order valence-electron chi connectivity index (χ4n) is 3.02. The van der Waals surface area contributed by atoms with E-state index in [9.17, 15) is 5.26 Å². The zero-order valence-electron chi connectivity index (χ0n) is 16.5. The molecule has 1 aromatic carbocycles. The van der Waals surface area contributed by atoms with Crippen molar-refractivity contribution in [2.75, 3.05) is 6.54 Å². The highest BCUT2D eigenvalue weighted by Gasteiger charge is 2.14. The van der Waals surface area contributed by atoms with Crippen molar-refractivity contribution in [3.63, 3.8) is 0 Å². The standard InChI is InChI=1S/C22H25N5O/c1-15(2)10-18-12-22(27(3)26-18)28-21-11-17(13-24)4-6-19(21)20-7-5-16(8-9-23)14-25-20/h4-7,11-12,14-15H,8-10,23H2,1-3H3. The molecule has 6 heteroatoms. The molecule has 144 valence electrons. The Balaban J connectivity index is 1.96. The number of hydrogen-bond acceptors (Lipinski definition) is 5. The average Bonchev–Trinajstić information content (AvgIpc) is 3.01. The molecule has 0 spiro atoms. The lowest BCUT2D eigenvalue weighted by Gasteiger charge is -2.11. The summed E-state index contributed by atoms with van der Waals surface area (Å²) in [5, 5.41) is 13.8. The Bertz CT molecular complexity index is 983. The minimum absolute atomic E-state index is 0.511. The van der Waals surface area contributed by atoms with Gasteiger partial charge in [-0.2, -0.15) is 10.4 Å². The van der Waals surface area contributed by atoms with Gasteiger partial charge in [0.15, 0.2) is 0 Å². The Morgan fingerprint density at radius 3 is 2.68 bits per heavy atom. The van der Waals surface area contributed by atoms with Crippen LogP contribution in [0.25, 0.3) is 11.3 Å². The van der Waals surface area contributed by atoms with E-state index in [0.29, 0.717) is 29.7 Å². The largest absolute Gasteiger partial charge is 0.439 e. The summed E-state index contributed by atoms with van der Waals surface area (Å²) in [6, 6.07) is 13.4. The van der Waals surface area contributed by atoms with E-state index in [0.717, 1.165) is 35.4 Å². The first-order chi connectivity index (χ1) is 13.5. The van der Waals surface area contributed by atoms with E-state index in [-0.39, 0.29) is 0 Å². The molecule has 2 aromatic heterocycles. The molecule has 0 saturated carbocycles. The van der Waals surface area contributed by atoms with Crippen molar-refractivity contribution in [3.8, 4) is 29.0 Å². The molecular formula is C22H25N5O. The van der Waals surface area contributed by atoms with Gasteiger partial charge in [-0.05, 0) is 55.1 Å². The van der Waals surface area contributed by atoms with Gasteiger partial charge in [0.2, 0.25) is 5.88 Å². The highest BCUT2D eigenvalue weighted by Crippen LogP contribution is 2.33. The lowest BCUT2D eigenvalue weighted by Crippen LogP contribution is -2.03. The van der Waals surface area contributed by atoms with Gasteiger partial charge >= 0.3 is 0 Å². The van der Waals surface area contributed by atoms with Crippen LogP contribution in [0.15, 0.2) is 42.6 Å². The predicted octanol–water partition coefficient (Wildman–Crippen LogP) is 3.85. The maximum atomic E-state index is 9.29. The molecule has 0 aliphatic rings. The summed E-state index contributed by atoms with van der Waals surface area (Å²) in [6.07, 6.45) is 3.50. The van der Waals surface area contributed by atoms with Crippen LogP contribution in [0.1, 0.15) is 30.7 Å². The molecule has 2 heterocycles. The van der Waals surface area contributed by atoms with Crippen molar-refractivity contribution in [2.24, 2.45) is 18.7 Å². The first-order valence-electron chi connectivity index (χ1n) is 9.40. The van der Waals surface area contributed by atoms with Gasteiger partial charge < -0.3 is 10.5 Å². The Morgan fingerprint density at radius 1 is 1.21 bits per heavy atom. The average molecular weight is 375 g/mol. The Hall–Kier alpha value is -3.17. The zero-order chi connectivity index (χ0) is 20.1. The van der Waals surface area contributed by atoms with Crippen molar-refractivity contribution in [1.29, 1.82) is 5.26 Å². The quantitative estimate of drug-likeness (QED) is 0.677. The predicted molar refractivity (Wildman–Crippen MR) is 109 cm³/mol. The summed E-state index contributed by atoms with van der Waals surface area (Å²) in [5.74, 6) is 1.72. The minimum atomic E-state index is 0.511. The minimum Gasteiger partial charge on any atom is -0.439 e. The fourth-order valence-corrected chi connectivity index (χ4v) is 3.02. The van der Waals surface area contributed by atoms with Crippen molar-refractivity contribution >= 4 is 0 Å². The van der Waals surface area contributed by atoms with Gasteiger partial charge in [-0.1, -0.05) is 19.9 Å². The van der Waals surface area contributed by atoms with Crippen LogP contribution in [0.2, 0.25) is 0 Å². The zero-order valence-corrected chi connectivity index (χ0v) is 16.5. The van der Waals surface area contributed by atoms with E-state index in [1.165, 1.54) is 0 Å². The lowest BCUT2D eigenvalue weighted by molar-refractivity contribution is 0.431. The first-order valence-corrected chi connectivity index (χ1v) is 9.40. The van der Waals surface area contributed by atoms with Crippen LogP contribution in [0.5, 0.6) is 11.6 Å². The second kappa shape index (κ2) is 8.68. The van der Waals surface area contributed by atoms with E-state index >= 15 is 0 Å². The van der Waals surface area contributed by atoms with Gasteiger partial charge in [0.1, 0.15) is 5.75 Å². The third-order valence-electron chi connectivity index (χ3n) is 4.36. The van der Waals surface area contributed by atoms with Crippen LogP contribution in [-0.2, 0) is 19.9 Å². The highest BCUT2D eigenvalue weighted by molar-refractivity contribution is 5.69. The van der Waals surface area contributed by atoms with Crippen LogP contribution in [0, 0.1) is 17.2 Å². The van der Waals surface area contributed by atoms with Crippen LogP contribution >= 0.6 is 0 Å². The summed E-state index contributed by atoms with van der Waals surface area (Å²) >= 11 is 0. The highest BCUT2D eigenvalue weighted by atomic mass is 16.5. The van der Waals surface area contributed by atoms with Crippen molar-refractivity contribution in [3.05, 3.63) is 59.4 Å². The molecular weight excluding hydrogens is 350 g/mol. The molecule has 6 nitrogen and oxygen atoms in total. The van der Waals surface area contributed by atoms with Gasteiger partial charge in [-0.15, -0.1) is 0 Å². The molecule has 3 rings (SSSR count). The molecule has 0 radical (unpaired) electrons. The number of benzene rings is 1. The number of pyridine rings is 1. The van der Waals surface area contributed by atoms with E-state index < -0.39 is 0 Å².